The fourth-order valence-electron chi connectivity index (χ4n) is 3.93. The van der Waals surface area contributed by atoms with Gasteiger partial charge in [0.05, 0.1) is 5.25 Å². The molecule has 4 rings (SSSR count). The summed E-state index contributed by atoms with van der Waals surface area (Å²) in [5.41, 5.74) is 3.62. The molecule has 3 amide bonds. The summed E-state index contributed by atoms with van der Waals surface area (Å²) in [6.45, 7) is 3.90. The van der Waals surface area contributed by atoms with E-state index in [-0.39, 0.29) is 22.8 Å². The third-order valence-corrected chi connectivity index (χ3v) is 8.05. The summed E-state index contributed by atoms with van der Waals surface area (Å²) >= 11 is 4.83. The SMILES string of the molecule is CCC(Sc1cccc(NC(=O)/C(=C/c2ccccc2C)NC(=O)c2ccccc2)c1)C(=O)Nc1ccc(Br)cc1. The van der Waals surface area contributed by atoms with Crippen molar-refractivity contribution >= 4 is 62.9 Å². The van der Waals surface area contributed by atoms with Gasteiger partial charge in [-0.15, -0.1) is 11.8 Å². The van der Waals surface area contributed by atoms with Crippen LogP contribution in [0.2, 0.25) is 0 Å². The van der Waals surface area contributed by atoms with E-state index in [0.717, 1.165) is 26.2 Å². The third kappa shape index (κ3) is 8.67. The molecule has 208 valence electrons. The summed E-state index contributed by atoms with van der Waals surface area (Å²) in [5, 5.41) is 8.32. The number of halogens is 1. The molecule has 0 spiro atoms. The maximum absolute atomic E-state index is 13.5. The molecule has 0 fully saturated rings. The lowest BCUT2D eigenvalue weighted by atomic mass is 10.1. The second-order valence-corrected chi connectivity index (χ2v) is 11.4. The van der Waals surface area contributed by atoms with Crippen LogP contribution in [0.1, 0.15) is 34.8 Å². The number of amides is 3. The van der Waals surface area contributed by atoms with Gasteiger partial charge in [0.2, 0.25) is 5.91 Å². The molecule has 1 atom stereocenters. The van der Waals surface area contributed by atoms with E-state index in [9.17, 15) is 14.4 Å². The number of nitrogens with one attached hydrogen (secondary N) is 3. The van der Waals surface area contributed by atoms with Gasteiger partial charge in [0.1, 0.15) is 5.70 Å². The summed E-state index contributed by atoms with van der Waals surface area (Å²) in [6, 6.07) is 31.1. The lowest BCUT2D eigenvalue weighted by Gasteiger charge is -2.16. The van der Waals surface area contributed by atoms with E-state index in [1.54, 1.807) is 36.4 Å². The van der Waals surface area contributed by atoms with Crippen molar-refractivity contribution in [1.82, 2.24) is 5.32 Å². The Bertz CT molecular complexity index is 1560. The third-order valence-electron chi connectivity index (χ3n) is 6.16. The van der Waals surface area contributed by atoms with Crippen LogP contribution in [0.4, 0.5) is 11.4 Å². The Hall–Kier alpha value is -4.14. The maximum atomic E-state index is 13.5. The largest absolute Gasteiger partial charge is 0.325 e. The zero-order chi connectivity index (χ0) is 29.2. The average molecular weight is 629 g/mol. The van der Waals surface area contributed by atoms with Gasteiger partial charge in [0.15, 0.2) is 0 Å². The van der Waals surface area contributed by atoms with Gasteiger partial charge >= 0.3 is 0 Å². The van der Waals surface area contributed by atoms with Crippen LogP contribution in [0.3, 0.4) is 0 Å². The van der Waals surface area contributed by atoms with E-state index in [1.807, 2.05) is 86.6 Å². The zero-order valence-electron chi connectivity index (χ0n) is 22.7. The Balaban J connectivity index is 1.50. The molecule has 0 saturated heterocycles. The second-order valence-electron chi connectivity index (χ2n) is 9.23. The van der Waals surface area contributed by atoms with Crippen molar-refractivity contribution in [2.45, 2.75) is 30.4 Å². The van der Waals surface area contributed by atoms with Gasteiger partial charge in [-0.25, -0.2) is 0 Å². The smallest absolute Gasteiger partial charge is 0.272 e. The second kappa shape index (κ2) is 14.5. The molecule has 1 unspecified atom stereocenters. The fraction of sp³-hybridized carbons (Fsp3) is 0.121. The lowest BCUT2D eigenvalue weighted by Crippen LogP contribution is -2.30. The van der Waals surface area contributed by atoms with Crippen LogP contribution in [-0.2, 0) is 9.59 Å². The number of rotatable bonds is 10. The highest BCUT2D eigenvalue weighted by Crippen LogP contribution is 2.29. The molecule has 0 heterocycles. The van der Waals surface area contributed by atoms with E-state index >= 15 is 0 Å². The van der Waals surface area contributed by atoms with Crippen LogP contribution in [0.5, 0.6) is 0 Å². The summed E-state index contributed by atoms with van der Waals surface area (Å²) in [6.07, 6.45) is 2.29. The standard InChI is InChI=1S/C33H30BrN3O3S/c1-3-30(33(40)35-26-18-16-25(34)17-19-26)41-28-15-9-14-27(21-28)36-32(39)29(20-24-13-8-7-10-22(24)2)37-31(38)23-11-5-4-6-12-23/h4-21,30H,3H2,1-2H3,(H,35,40)(H,36,39)(H,37,38)/b29-20-. The molecule has 6 nitrogen and oxygen atoms in total. The topological polar surface area (TPSA) is 87.3 Å². The van der Waals surface area contributed by atoms with E-state index in [4.69, 9.17) is 0 Å². The Morgan fingerprint density at radius 1 is 0.829 bits per heavy atom. The van der Waals surface area contributed by atoms with Crippen LogP contribution in [0.25, 0.3) is 6.08 Å². The predicted octanol–water partition coefficient (Wildman–Crippen LogP) is 7.68. The molecule has 0 aromatic heterocycles. The lowest BCUT2D eigenvalue weighted by molar-refractivity contribution is -0.116. The highest BCUT2D eigenvalue weighted by atomic mass is 79.9. The Morgan fingerprint density at radius 2 is 1.54 bits per heavy atom. The zero-order valence-corrected chi connectivity index (χ0v) is 25.1. The van der Waals surface area contributed by atoms with E-state index in [2.05, 4.69) is 31.9 Å². The van der Waals surface area contributed by atoms with Crippen molar-refractivity contribution in [3.05, 3.63) is 130 Å². The van der Waals surface area contributed by atoms with Crippen molar-refractivity contribution in [1.29, 1.82) is 0 Å². The van der Waals surface area contributed by atoms with Gasteiger partial charge in [-0.05, 0) is 85.1 Å². The van der Waals surface area contributed by atoms with Gasteiger partial charge in [-0.1, -0.05) is 71.4 Å². The summed E-state index contributed by atoms with van der Waals surface area (Å²) < 4.78 is 0.937. The van der Waals surface area contributed by atoms with Crippen LogP contribution in [-0.4, -0.2) is 23.0 Å². The molecule has 0 aliphatic heterocycles. The number of anilines is 2. The van der Waals surface area contributed by atoms with Gasteiger partial charge in [-0.2, -0.15) is 0 Å². The predicted molar refractivity (Wildman–Crippen MR) is 171 cm³/mol. The Morgan fingerprint density at radius 3 is 2.24 bits per heavy atom. The molecule has 0 radical (unpaired) electrons. The molecule has 0 aliphatic carbocycles. The minimum atomic E-state index is -0.459. The molecular formula is C33H30BrN3O3S. The van der Waals surface area contributed by atoms with E-state index < -0.39 is 5.91 Å². The molecule has 4 aromatic rings. The van der Waals surface area contributed by atoms with E-state index in [0.29, 0.717) is 17.7 Å². The normalized spacial score (nSPS) is 11.8. The number of hydrogen-bond donors (Lipinski definition) is 3. The average Bonchev–Trinajstić information content (AvgIpc) is 2.98. The quantitative estimate of drug-likeness (QED) is 0.124. The molecule has 41 heavy (non-hydrogen) atoms. The molecule has 0 bridgehead atoms. The van der Waals surface area contributed by atoms with Crippen LogP contribution in [0.15, 0.2) is 118 Å². The van der Waals surface area contributed by atoms with Crippen LogP contribution < -0.4 is 16.0 Å². The van der Waals surface area contributed by atoms with Gasteiger partial charge in [-0.3, -0.25) is 14.4 Å². The number of benzene rings is 4. The molecular weight excluding hydrogens is 598 g/mol. The highest BCUT2D eigenvalue weighted by molar-refractivity contribution is 9.10. The molecule has 4 aromatic carbocycles. The Kier molecular flexibility index (Phi) is 10.5. The molecule has 0 saturated carbocycles. The van der Waals surface area contributed by atoms with Crippen molar-refractivity contribution in [2.24, 2.45) is 0 Å². The van der Waals surface area contributed by atoms with Gasteiger partial charge in [0, 0.05) is 26.3 Å². The number of thioether (sulfide) groups is 1. The van der Waals surface area contributed by atoms with Crippen molar-refractivity contribution in [3.63, 3.8) is 0 Å². The fourth-order valence-corrected chi connectivity index (χ4v) is 5.21. The van der Waals surface area contributed by atoms with Gasteiger partial charge < -0.3 is 16.0 Å². The van der Waals surface area contributed by atoms with Crippen molar-refractivity contribution in [2.75, 3.05) is 10.6 Å². The number of carbonyl (C=O) groups is 3. The summed E-state index contributed by atoms with van der Waals surface area (Å²) in [7, 11) is 0. The summed E-state index contributed by atoms with van der Waals surface area (Å²) in [4.78, 5) is 40.2. The first-order chi connectivity index (χ1) is 19.8. The minimum Gasteiger partial charge on any atom is -0.325 e. The molecule has 8 heteroatoms. The first-order valence-electron chi connectivity index (χ1n) is 13.1. The van der Waals surface area contributed by atoms with Crippen molar-refractivity contribution in [3.8, 4) is 0 Å². The molecule has 3 N–H and O–H groups in total. The summed E-state index contributed by atoms with van der Waals surface area (Å²) in [5.74, 6) is -0.937. The first kappa shape index (κ1) is 29.8. The molecule has 0 aliphatic rings. The minimum absolute atomic E-state index is 0.0960. The van der Waals surface area contributed by atoms with Crippen LogP contribution >= 0.6 is 27.7 Å². The highest BCUT2D eigenvalue weighted by Gasteiger charge is 2.19. The number of aryl methyl sites for hydroxylation is 1. The van der Waals surface area contributed by atoms with Gasteiger partial charge in [0.25, 0.3) is 11.8 Å². The maximum Gasteiger partial charge on any atom is 0.272 e. The van der Waals surface area contributed by atoms with E-state index in [1.165, 1.54) is 11.8 Å². The monoisotopic (exact) mass is 627 g/mol. The number of carbonyl (C=O) groups excluding carboxylic acids is 3. The number of hydrogen-bond acceptors (Lipinski definition) is 4. The van der Waals surface area contributed by atoms with Crippen LogP contribution in [0, 0.1) is 6.92 Å². The Labute approximate surface area is 252 Å². The van der Waals surface area contributed by atoms with Crippen molar-refractivity contribution < 1.29 is 14.4 Å². The first-order valence-corrected chi connectivity index (χ1v) is 14.8.